The zero-order chi connectivity index (χ0) is 42.1. The number of carbonyl (C=O) groups is 2. The fourth-order valence-electron chi connectivity index (χ4n) is 5.97. The number of aliphatic carboxylic acids is 2. The standard InChI is InChI=1S/C40H38NP3.2C5H10O2.Ru/c41-32-39(42(33-19-7-1-8-20-33)34-21-9-2-10-22-34)31-40(43(35-23-11-3-12-24-35)36-25-13-4-14-26-36)44(37-27-15-5-16-28-37)38-29-17-6-18-30-38;2*1-5(2,3)4(6)7;/h1-30,39-40H,31-32,41H2;2*1-3H3,(H,6,7);/q;;;+2/p-2. The van der Waals surface area contributed by atoms with E-state index in [1.807, 2.05) is 0 Å². The third-order valence-electron chi connectivity index (χ3n) is 9.15. The van der Waals surface area contributed by atoms with Gasteiger partial charge in [0, 0.05) is 33.8 Å². The van der Waals surface area contributed by atoms with Crippen LogP contribution in [0.25, 0.3) is 0 Å². The first-order valence-corrected chi connectivity index (χ1v) is 23.8. The van der Waals surface area contributed by atoms with E-state index in [9.17, 15) is 19.8 Å². The number of hydrogen-bond donors (Lipinski definition) is 1. The molecule has 6 aromatic carbocycles. The van der Waals surface area contributed by atoms with Gasteiger partial charge >= 0.3 is 19.5 Å². The molecular formula is C50H56NO4P3Ru. The van der Waals surface area contributed by atoms with Gasteiger partial charge in [-0.25, -0.2) is 0 Å². The molecule has 0 saturated carbocycles. The Morgan fingerprint density at radius 3 is 0.797 bits per heavy atom. The Labute approximate surface area is 368 Å². The number of carbonyl (C=O) groups excluding carboxylic acids is 2. The van der Waals surface area contributed by atoms with Crippen molar-refractivity contribution in [3.8, 4) is 0 Å². The van der Waals surface area contributed by atoms with Crippen LogP contribution in [0.2, 0.25) is 0 Å². The average Bonchev–Trinajstić information content (AvgIpc) is 3.23. The van der Waals surface area contributed by atoms with Crippen molar-refractivity contribution in [2.75, 3.05) is 6.54 Å². The zero-order valence-corrected chi connectivity index (χ0v) is 39.2. The van der Waals surface area contributed by atoms with E-state index in [1.165, 1.54) is 31.8 Å². The topological polar surface area (TPSA) is 106 Å². The summed E-state index contributed by atoms with van der Waals surface area (Å²) in [6, 6.07) is 67.2. The van der Waals surface area contributed by atoms with Gasteiger partial charge in [-0.05, 0) is 68.6 Å². The van der Waals surface area contributed by atoms with Gasteiger partial charge in [-0.1, -0.05) is 224 Å². The first-order valence-electron chi connectivity index (χ1n) is 19.5. The molecule has 0 amide bonds. The van der Waals surface area contributed by atoms with E-state index < -0.39 is 46.5 Å². The second-order valence-corrected chi connectivity index (χ2v) is 23.5. The van der Waals surface area contributed by atoms with Crippen molar-refractivity contribution in [2.24, 2.45) is 16.6 Å². The van der Waals surface area contributed by atoms with Crippen molar-refractivity contribution in [1.82, 2.24) is 0 Å². The first-order chi connectivity index (χ1) is 27.7. The van der Waals surface area contributed by atoms with Crippen LogP contribution in [0.4, 0.5) is 0 Å². The van der Waals surface area contributed by atoms with Gasteiger partial charge < -0.3 is 25.5 Å². The van der Waals surface area contributed by atoms with Gasteiger partial charge in [0.05, 0.1) is 0 Å². The molecule has 0 radical (unpaired) electrons. The molecule has 59 heavy (non-hydrogen) atoms. The Bertz CT molecular complexity index is 1860. The van der Waals surface area contributed by atoms with Crippen LogP contribution in [0.3, 0.4) is 0 Å². The van der Waals surface area contributed by atoms with Crippen molar-refractivity contribution in [2.45, 2.75) is 59.0 Å². The summed E-state index contributed by atoms with van der Waals surface area (Å²) in [5, 5.41) is 28.7. The number of rotatable bonds is 12. The van der Waals surface area contributed by atoms with E-state index in [2.05, 4.69) is 182 Å². The molecule has 0 spiro atoms. The maximum atomic E-state index is 9.91. The molecule has 9 heteroatoms. The molecule has 1 atom stereocenters. The predicted molar refractivity (Wildman–Crippen MR) is 247 cm³/mol. The summed E-state index contributed by atoms with van der Waals surface area (Å²) >= 11 is 0. The quantitative estimate of drug-likeness (QED) is 0.105. The summed E-state index contributed by atoms with van der Waals surface area (Å²) in [5.74, 6) is -2.01. The zero-order valence-electron chi connectivity index (χ0n) is 34.8. The van der Waals surface area contributed by atoms with E-state index >= 15 is 0 Å². The molecule has 0 saturated heterocycles. The van der Waals surface area contributed by atoms with Gasteiger partial charge in [0.2, 0.25) is 0 Å². The van der Waals surface area contributed by atoms with Gasteiger partial charge in [0.15, 0.2) is 0 Å². The second-order valence-electron chi connectivity index (χ2n) is 15.8. The van der Waals surface area contributed by atoms with Crippen LogP contribution in [-0.2, 0) is 29.1 Å². The molecule has 0 heterocycles. The Kier molecular flexibility index (Phi) is 20.5. The summed E-state index contributed by atoms with van der Waals surface area (Å²) in [5.41, 5.74) is 5.81. The summed E-state index contributed by atoms with van der Waals surface area (Å²) in [6.45, 7) is 10.2. The molecule has 6 rings (SSSR count). The number of nitrogens with two attached hydrogens (primary N) is 1. The minimum absolute atomic E-state index is 0. The Hall–Kier alpha value is -3.87. The van der Waals surface area contributed by atoms with Crippen molar-refractivity contribution >= 4 is 67.5 Å². The van der Waals surface area contributed by atoms with Crippen LogP contribution in [0, 0.1) is 10.8 Å². The van der Waals surface area contributed by atoms with Crippen LogP contribution < -0.4 is 47.8 Å². The first kappa shape index (κ1) is 49.5. The number of carboxylic acid groups (broad SMARTS) is 2. The minimum Gasteiger partial charge on any atom is -0.550 e. The Morgan fingerprint density at radius 1 is 0.441 bits per heavy atom. The third kappa shape index (κ3) is 15.3. The summed E-state index contributed by atoms with van der Waals surface area (Å²) < 4.78 is 0. The molecular weight excluding hydrogens is 873 g/mol. The molecule has 0 bridgehead atoms. The van der Waals surface area contributed by atoms with Crippen molar-refractivity contribution in [3.05, 3.63) is 182 Å². The molecule has 0 aliphatic rings. The summed E-state index contributed by atoms with van der Waals surface area (Å²) in [7, 11) is -2.11. The summed E-state index contributed by atoms with van der Waals surface area (Å²) in [4.78, 5) is 19.8. The molecule has 308 valence electrons. The molecule has 0 aliphatic heterocycles. The van der Waals surface area contributed by atoms with E-state index in [-0.39, 0.29) is 19.5 Å². The van der Waals surface area contributed by atoms with Crippen LogP contribution in [-0.4, -0.2) is 29.5 Å². The molecule has 6 aromatic rings. The van der Waals surface area contributed by atoms with Gasteiger partial charge in [0.25, 0.3) is 0 Å². The van der Waals surface area contributed by atoms with E-state index in [1.54, 1.807) is 41.5 Å². The number of benzene rings is 6. The summed E-state index contributed by atoms with van der Waals surface area (Å²) in [6.07, 6.45) is 1.04. The molecule has 1 unspecified atom stereocenters. The van der Waals surface area contributed by atoms with Crippen molar-refractivity contribution in [1.29, 1.82) is 0 Å². The average molecular weight is 929 g/mol. The fourth-order valence-corrected chi connectivity index (χ4v) is 16.5. The van der Waals surface area contributed by atoms with E-state index in [0.717, 1.165) is 6.42 Å². The second kappa shape index (κ2) is 24.4. The predicted octanol–water partition coefficient (Wildman–Crippen LogP) is 6.99. The van der Waals surface area contributed by atoms with Crippen LogP contribution >= 0.6 is 23.8 Å². The molecule has 2 N–H and O–H groups in total. The smallest absolute Gasteiger partial charge is 0.550 e. The van der Waals surface area contributed by atoms with Crippen molar-refractivity contribution in [3.63, 3.8) is 0 Å². The maximum absolute atomic E-state index is 9.91. The SMILES string of the molecule is CC(C)(C)C(=O)[O-].CC(C)(C)C(=O)[O-].NCC(CC(P(c1ccccc1)c1ccccc1)P(c1ccccc1)c1ccccc1)P(c1ccccc1)c1ccccc1.[Ru+2]. The molecule has 0 aliphatic carbocycles. The minimum atomic E-state index is -1.01. The Morgan fingerprint density at radius 2 is 0.627 bits per heavy atom. The van der Waals surface area contributed by atoms with Crippen molar-refractivity contribution < 1.29 is 39.3 Å². The largest absolute Gasteiger partial charge is 2.00 e. The molecule has 0 aromatic heterocycles. The van der Waals surface area contributed by atoms with Gasteiger partial charge in [-0.15, -0.1) is 0 Å². The van der Waals surface area contributed by atoms with Crippen LogP contribution in [0.5, 0.6) is 0 Å². The normalized spacial score (nSPS) is 11.8. The monoisotopic (exact) mass is 929 g/mol. The van der Waals surface area contributed by atoms with Gasteiger partial charge in [0.1, 0.15) is 0 Å². The van der Waals surface area contributed by atoms with Crippen LogP contribution in [0.1, 0.15) is 48.0 Å². The molecule has 0 fully saturated rings. The van der Waals surface area contributed by atoms with Crippen LogP contribution in [0.15, 0.2) is 182 Å². The molecule has 5 nitrogen and oxygen atoms in total. The fraction of sp³-hybridized carbons (Fsp3) is 0.240. The van der Waals surface area contributed by atoms with Gasteiger partial charge in [-0.2, -0.15) is 0 Å². The number of carboxylic acids is 2. The Balaban J connectivity index is 0.000000533. The third-order valence-corrected chi connectivity index (χ3v) is 18.4. The maximum Gasteiger partial charge on any atom is 2.00 e. The van der Waals surface area contributed by atoms with E-state index in [4.69, 9.17) is 5.73 Å². The van der Waals surface area contributed by atoms with E-state index in [0.29, 0.717) is 17.6 Å². The number of hydrogen-bond acceptors (Lipinski definition) is 5. The van der Waals surface area contributed by atoms with Gasteiger partial charge in [-0.3, -0.25) is 0 Å².